The second-order valence-corrected chi connectivity index (χ2v) is 5.48. The Balaban J connectivity index is 2.07. The van der Waals surface area contributed by atoms with Crippen LogP contribution < -0.4 is 5.32 Å². The summed E-state index contributed by atoms with van der Waals surface area (Å²) in [6.45, 7) is 0. The van der Waals surface area contributed by atoms with E-state index in [9.17, 15) is 9.90 Å². The number of nitrogens with one attached hydrogen (secondary N) is 1. The average molecular weight is 265 g/mol. The normalized spacial score (nSPS) is 23.7. The molecule has 3 nitrogen and oxygen atoms in total. The van der Waals surface area contributed by atoms with Crippen LogP contribution >= 0.6 is 11.8 Å². The molecule has 0 radical (unpaired) electrons. The fraction of sp³-hybridized carbons (Fsp3) is 0.500. The summed E-state index contributed by atoms with van der Waals surface area (Å²) < 4.78 is 0. The Hall–Kier alpha value is -1.00. The molecule has 1 aromatic carbocycles. The van der Waals surface area contributed by atoms with Crippen molar-refractivity contribution in [2.75, 3.05) is 6.26 Å². The van der Waals surface area contributed by atoms with Gasteiger partial charge in [-0.2, -0.15) is 0 Å². The van der Waals surface area contributed by atoms with Crippen LogP contribution in [0, 0.1) is 0 Å². The molecule has 1 aliphatic carbocycles. The van der Waals surface area contributed by atoms with Gasteiger partial charge in [-0.1, -0.05) is 25.0 Å². The first kappa shape index (κ1) is 13.4. The number of benzene rings is 1. The van der Waals surface area contributed by atoms with Gasteiger partial charge in [-0.25, -0.2) is 0 Å². The van der Waals surface area contributed by atoms with E-state index < -0.39 is 6.10 Å². The lowest BCUT2D eigenvalue weighted by Crippen LogP contribution is -2.45. The Morgan fingerprint density at radius 2 is 2.06 bits per heavy atom. The van der Waals surface area contributed by atoms with E-state index in [4.69, 9.17) is 0 Å². The van der Waals surface area contributed by atoms with Crippen LogP contribution in [0.2, 0.25) is 0 Å². The molecule has 0 saturated heterocycles. The maximum Gasteiger partial charge on any atom is 0.252 e. The van der Waals surface area contributed by atoms with E-state index in [0.717, 1.165) is 30.6 Å². The lowest BCUT2D eigenvalue weighted by Gasteiger charge is -2.28. The summed E-state index contributed by atoms with van der Waals surface area (Å²) in [7, 11) is 0. The van der Waals surface area contributed by atoms with Crippen LogP contribution in [0.5, 0.6) is 0 Å². The number of carbonyl (C=O) groups excluding carboxylic acids is 1. The third kappa shape index (κ3) is 3.06. The van der Waals surface area contributed by atoms with Gasteiger partial charge in [-0.15, -0.1) is 11.8 Å². The zero-order chi connectivity index (χ0) is 13.0. The first-order chi connectivity index (χ1) is 8.72. The highest BCUT2D eigenvalue weighted by atomic mass is 32.2. The summed E-state index contributed by atoms with van der Waals surface area (Å²) in [5.74, 6) is -0.0779. The molecule has 98 valence electrons. The van der Waals surface area contributed by atoms with Crippen molar-refractivity contribution in [1.29, 1.82) is 0 Å². The minimum atomic E-state index is -0.399. The smallest absolute Gasteiger partial charge is 0.252 e. The van der Waals surface area contributed by atoms with Crippen molar-refractivity contribution in [3.63, 3.8) is 0 Å². The van der Waals surface area contributed by atoms with E-state index in [-0.39, 0.29) is 11.9 Å². The monoisotopic (exact) mass is 265 g/mol. The van der Waals surface area contributed by atoms with Gasteiger partial charge in [-0.3, -0.25) is 4.79 Å². The molecule has 1 fully saturated rings. The molecular formula is C14H19NO2S. The van der Waals surface area contributed by atoms with Gasteiger partial charge in [0.05, 0.1) is 17.7 Å². The van der Waals surface area contributed by atoms with E-state index in [1.165, 1.54) is 0 Å². The highest BCUT2D eigenvalue weighted by Crippen LogP contribution is 2.22. The highest BCUT2D eigenvalue weighted by Gasteiger charge is 2.25. The van der Waals surface area contributed by atoms with Crippen molar-refractivity contribution >= 4 is 17.7 Å². The topological polar surface area (TPSA) is 49.3 Å². The van der Waals surface area contributed by atoms with Crippen LogP contribution in [-0.2, 0) is 0 Å². The molecule has 0 heterocycles. The van der Waals surface area contributed by atoms with Gasteiger partial charge in [0, 0.05) is 4.90 Å². The van der Waals surface area contributed by atoms with Gasteiger partial charge < -0.3 is 10.4 Å². The van der Waals surface area contributed by atoms with Gasteiger partial charge in [0.25, 0.3) is 5.91 Å². The number of hydrogen-bond donors (Lipinski definition) is 2. The van der Waals surface area contributed by atoms with Crippen molar-refractivity contribution in [2.45, 2.75) is 42.7 Å². The van der Waals surface area contributed by atoms with E-state index in [0.29, 0.717) is 5.56 Å². The predicted molar refractivity (Wildman–Crippen MR) is 74.0 cm³/mol. The molecule has 2 rings (SSSR count). The fourth-order valence-corrected chi connectivity index (χ4v) is 2.95. The van der Waals surface area contributed by atoms with Crippen molar-refractivity contribution in [3.8, 4) is 0 Å². The number of hydrogen-bond acceptors (Lipinski definition) is 3. The van der Waals surface area contributed by atoms with E-state index in [1.54, 1.807) is 11.8 Å². The molecule has 18 heavy (non-hydrogen) atoms. The molecule has 1 amide bonds. The van der Waals surface area contributed by atoms with Crippen molar-refractivity contribution in [2.24, 2.45) is 0 Å². The Labute approximate surface area is 112 Å². The Bertz CT molecular complexity index is 422. The molecule has 2 atom stereocenters. The number of rotatable bonds is 3. The van der Waals surface area contributed by atoms with Crippen molar-refractivity contribution in [1.82, 2.24) is 5.32 Å². The molecule has 0 aromatic heterocycles. The number of thioether (sulfide) groups is 1. The number of aliphatic hydroxyl groups is 1. The van der Waals surface area contributed by atoms with Crippen molar-refractivity contribution < 1.29 is 9.90 Å². The van der Waals surface area contributed by atoms with Crippen LogP contribution in [0.1, 0.15) is 36.0 Å². The molecule has 0 aliphatic heterocycles. The minimum Gasteiger partial charge on any atom is -0.391 e. The molecule has 1 aliphatic rings. The SMILES string of the molecule is CSc1ccccc1C(=O)N[C@@H]1CCCC[C@H]1O. The Morgan fingerprint density at radius 3 is 2.78 bits per heavy atom. The molecule has 4 heteroatoms. The van der Waals surface area contributed by atoms with Gasteiger partial charge in [-0.05, 0) is 31.2 Å². The summed E-state index contributed by atoms with van der Waals surface area (Å²) in [6, 6.07) is 7.47. The third-order valence-electron chi connectivity index (χ3n) is 3.40. The standard InChI is InChI=1S/C14H19NO2S/c1-18-13-9-5-2-6-10(13)14(17)15-11-7-3-4-8-12(11)16/h2,5-6,9,11-12,16H,3-4,7-8H2,1H3,(H,15,17)/t11-,12-/m1/s1. The Kier molecular flexibility index (Phi) is 4.66. The van der Waals surface area contributed by atoms with Crippen LogP contribution in [0.4, 0.5) is 0 Å². The summed E-state index contributed by atoms with van der Waals surface area (Å²) in [6.07, 6.45) is 5.34. The maximum atomic E-state index is 12.2. The third-order valence-corrected chi connectivity index (χ3v) is 4.19. The number of carbonyl (C=O) groups is 1. The summed E-state index contributed by atoms with van der Waals surface area (Å²) in [4.78, 5) is 13.2. The molecule has 0 unspecified atom stereocenters. The first-order valence-electron chi connectivity index (χ1n) is 6.34. The van der Waals surface area contributed by atoms with Crippen molar-refractivity contribution in [3.05, 3.63) is 29.8 Å². The Morgan fingerprint density at radius 1 is 1.33 bits per heavy atom. The number of aliphatic hydroxyl groups excluding tert-OH is 1. The van der Waals surface area contributed by atoms with Crippen LogP contribution in [0.25, 0.3) is 0 Å². The van der Waals surface area contributed by atoms with E-state index >= 15 is 0 Å². The number of amides is 1. The van der Waals surface area contributed by atoms with E-state index in [2.05, 4.69) is 5.32 Å². The zero-order valence-corrected chi connectivity index (χ0v) is 11.4. The molecule has 2 N–H and O–H groups in total. The highest BCUT2D eigenvalue weighted by molar-refractivity contribution is 7.98. The van der Waals surface area contributed by atoms with Gasteiger partial charge >= 0.3 is 0 Å². The van der Waals surface area contributed by atoms with Gasteiger partial charge in [0.15, 0.2) is 0 Å². The van der Waals surface area contributed by atoms with Gasteiger partial charge in [0.1, 0.15) is 0 Å². The lowest BCUT2D eigenvalue weighted by molar-refractivity contribution is 0.0715. The van der Waals surface area contributed by atoms with Crippen LogP contribution in [0.15, 0.2) is 29.2 Å². The largest absolute Gasteiger partial charge is 0.391 e. The van der Waals surface area contributed by atoms with Gasteiger partial charge in [0.2, 0.25) is 0 Å². The fourth-order valence-electron chi connectivity index (χ4n) is 2.36. The molecule has 1 saturated carbocycles. The predicted octanol–water partition coefficient (Wildman–Crippen LogP) is 2.44. The summed E-state index contributed by atoms with van der Waals surface area (Å²) in [5.41, 5.74) is 0.697. The summed E-state index contributed by atoms with van der Waals surface area (Å²) in [5, 5.41) is 12.8. The molecule has 0 bridgehead atoms. The van der Waals surface area contributed by atoms with Crippen LogP contribution in [0.3, 0.4) is 0 Å². The second-order valence-electron chi connectivity index (χ2n) is 4.63. The minimum absolute atomic E-state index is 0.0779. The second kappa shape index (κ2) is 6.25. The lowest BCUT2D eigenvalue weighted by atomic mass is 9.92. The van der Waals surface area contributed by atoms with E-state index in [1.807, 2.05) is 30.5 Å². The molecular weight excluding hydrogens is 246 g/mol. The maximum absolute atomic E-state index is 12.2. The zero-order valence-electron chi connectivity index (χ0n) is 10.6. The molecule has 1 aromatic rings. The first-order valence-corrected chi connectivity index (χ1v) is 7.57. The quantitative estimate of drug-likeness (QED) is 0.825. The van der Waals surface area contributed by atoms with Crippen LogP contribution in [-0.4, -0.2) is 29.4 Å². The summed E-state index contributed by atoms with van der Waals surface area (Å²) >= 11 is 1.56. The molecule has 0 spiro atoms. The average Bonchev–Trinajstić information content (AvgIpc) is 2.41.